The highest BCUT2D eigenvalue weighted by atomic mass is 16.3. The molecule has 0 aliphatic heterocycles. The van der Waals surface area contributed by atoms with Crippen LogP contribution in [0.15, 0.2) is 24.3 Å². The van der Waals surface area contributed by atoms with E-state index < -0.39 is 0 Å². The Morgan fingerprint density at radius 3 is 2.62 bits per heavy atom. The Kier molecular flexibility index (Phi) is 3.62. The van der Waals surface area contributed by atoms with Gasteiger partial charge < -0.3 is 10.8 Å². The molecule has 1 aliphatic carbocycles. The molecule has 1 aliphatic rings. The topological polar surface area (TPSA) is 46.2 Å². The van der Waals surface area contributed by atoms with Crippen LogP contribution in [0, 0.1) is 12.8 Å². The minimum absolute atomic E-state index is 0.233. The van der Waals surface area contributed by atoms with Gasteiger partial charge in [0.25, 0.3) is 0 Å². The largest absolute Gasteiger partial charge is 0.391 e. The lowest BCUT2D eigenvalue weighted by Crippen LogP contribution is -2.31. The number of benzene rings is 1. The van der Waals surface area contributed by atoms with Crippen LogP contribution in [0.25, 0.3) is 0 Å². The maximum Gasteiger partial charge on any atom is 0.0760 e. The number of hydrogen-bond acceptors (Lipinski definition) is 2. The Labute approximate surface area is 97.5 Å². The van der Waals surface area contributed by atoms with Crippen molar-refractivity contribution < 1.29 is 5.11 Å². The van der Waals surface area contributed by atoms with Gasteiger partial charge in [0, 0.05) is 0 Å². The Balaban J connectivity index is 2.08. The summed E-state index contributed by atoms with van der Waals surface area (Å²) in [5.41, 5.74) is 8.39. The molecule has 0 radical (unpaired) electrons. The number of aliphatic hydroxyl groups excluding tert-OH is 1. The molecule has 2 nitrogen and oxygen atoms in total. The molecule has 2 heteroatoms. The molecule has 0 saturated heterocycles. The zero-order valence-electron chi connectivity index (χ0n) is 9.89. The summed E-state index contributed by atoms with van der Waals surface area (Å²) in [6.07, 6.45) is 4.34. The van der Waals surface area contributed by atoms with Crippen LogP contribution in [0.4, 0.5) is 0 Å². The second-order valence-electron chi connectivity index (χ2n) is 4.98. The first-order chi connectivity index (χ1) is 7.68. The van der Waals surface area contributed by atoms with E-state index in [1.54, 1.807) is 0 Å². The lowest BCUT2D eigenvalue weighted by molar-refractivity contribution is 0.0845. The molecule has 1 aromatic rings. The zero-order valence-corrected chi connectivity index (χ0v) is 9.89. The molecule has 3 N–H and O–H groups in total. The first kappa shape index (κ1) is 11.6. The fourth-order valence-corrected chi connectivity index (χ4v) is 2.67. The van der Waals surface area contributed by atoms with Gasteiger partial charge >= 0.3 is 0 Å². The van der Waals surface area contributed by atoms with Gasteiger partial charge in [-0.1, -0.05) is 42.7 Å². The highest BCUT2D eigenvalue weighted by molar-refractivity contribution is 5.25. The van der Waals surface area contributed by atoms with Gasteiger partial charge in [-0.15, -0.1) is 0 Å². The quantitative estimate of drug-likeness (QED) is 0.820. The molecule has 0 heterocycles. The molecule has 0 bridgehead atoms. The van der Waals surface area contributed by atoms with Crippen molar-refractivity contribution in [3.05, 3.63) is 35.4 Å². The van der Waals surface area contributed by atoms with Gasteiger partial charge in [0.1, 0.15) is 0 Å². The summed E-state index contributed by atoms with van der Waals surface area (Å²) in [6.45, 7) is 2.05. The van der Waals surface area contributed by atoms with Crippen molar-refractivity contribution >= 4 is 0 Å². The van der Waals surface area contributed by atoms with E-state index in [1.807, 2.05) is 12.1 Å². The minimum atomic E-state index is -0.385. The first-order valence-electron chi connectivity index (χ1n) is 6.18. The van der Waals surface area contributed by atoms with Crippen LogP contribution in [0.1, 0.15) is 42.9 Å². The third-order valence-electron chi connectivity index (χ3n) is 3.68. The zero-order chi connectivity index (χ0) is 11.5. The van der Waals surface area contributed by atoms with Gasteiger partial charge in [-0.25, -0.2) is 0 Å². The van der Waals surface area contributed by atoms with E-state index in [1.165, 1.54) is 18.4 Å². The van der Waals surface area contributed by atoms with Crippen molar-refractivity contribution in [2.45, 2.75) is 44.8 Å². The monoisotopic (exact) mass is 219 g/mol. The van der Waals surface area contributed by atoms with Crippen LogP contribution in [-0.2, 0) is 0 Å². The maximum absolute atomic E-state index is 10.2. The predicted octanol–water partition coefficient (Wildman–Crippen LogP) is 2.55. The number of rotatable bonds is 3. The first-order valence-corrected chi connectivity index (χ1v) is 6.18. The van der Waals surface area contributed by atoms with Crippen LogP contribution in [0.3, 0.4) is 0 Å². The minimum Gasteiger partial charge on any atom is -0.391 e. The Morgan fingerprint density at radius 2 is 2.00 bits per heavy atom. The van der Waals surface area contributed by atoms with Crippen LogP contribution < -0.4 is 5.73 Å². The van der Waals surface area contributed by atoms with Crippen molar-refractivity contribution in [2.24, 2.45) is 11.7 Å². The summed E-state index contributed by atoms with van der Waals surface area (Å²) >= 11 is 0. The second-order valence-corrected chi connectivity index (χ2v) is 4.98. The molecule has 1 fully saturated rings. The smallest absolute Gasteiger partial charge is 0.0760 e. The van der Waals surface area contributed by atoms with E-state index in [-0.39, 0.29) is 12.1 Å². The summed E-state index contributed by atoms with van der Waals surface area (Å²) in [5.74, 6) is 0.399. The average Bonchev–Trinajstić information content (AvgIpc) is 2.80. The summed E-state index contributed by atoms with van der Waals surface area (Å²) in [5, 5.41) is 10.2. The van der Waals surface area contributed by atoms with Gasteiger partial charge in [0.2, 0.25) is 0 Å². The van der Waals surface area contributed by atoms with Gasteiger partial charge in [-0.2, -0.15) is 0 Å². The molecular formula is C14H21NO. The fraction of sp³-hybridized carbons (Fsp3) is 0.571. The van der Waals surface area contributed by atoms with E-state index in [0.29, 0.717) is 5.92 Å². The molecular weight excluding hydrogens is 198 g/mol. The Morgan fingerprint density at radius 1 is 1.31 bits per heavy atom. The van der Waals surface area contributed by atoms with Gasteiger partial charge in [-0.05, 0) is 31.2 Å². The number of nitrogens with two attached hydrogens (primary N) is 1. The summed E-state index contributed by atoms with van der Waals surface area (Å²) in [6, 6.07) is 7.91. The highest BCUT2D eigenvalue weighted by Gasteiger charge is 2.28. The molecule has 2 rings (SSSR count). The second kappa shape index (κ2) is 4.98. The SMILES string of the molecule is Cc1cccc([C@H](N)[C@H](O)C2CCCC2)c1. The van der Waals surface area contributed by atoms with E-state index in [4.69, 9.17) is 5.73 Å². The normalized spacial score (nSPS) is 20.9. The standard InChI is InChI=1S/C14H21NO/c1-10-5-4-8-12(9-10)13(15)14(16)11-6-2-3-7-11/h4-5,8-9,11,13-14,16H,2-3,6-7,15H2,1H3/t13-,14+/m0/s1. The average molecular weight is 219 g/mol. The van der Waals surface area contributed by atoms with Gasteiger partial charge in [0.05, 0.1) is 12.1 Å². The molecule has 0 unspecified atom stereocenters. The van der Waals surface area contributed by atoms with Crippen molar-refractivity contribution in [2.75, 3.05) is 0 Å². The van der Waals surface area contributed by atoms with Gasteiger partial charge in [-0.3, -0.25) is 0 Å². The Hall–Kier alpha value is -0.860. The van der Waals surface area contributed by atoms with E-state index in [0.717, 1.165) is 18.4 Å². The molecule has 0 aromatic heterocycles. The molecule has 0 amide bonds. The number of aliphatic hydroxyl groups is 1. The Bertz CT molecular complexity index is 344. The third kappa shape index (κ3) is 2.45. The number of hydrogen-bond donors (Lipinski definition) is 2. The molecule has 1 aromatic carbocycles. The third-order valence-corrected chi connectivity index (χ3v) is 3.68. The summed E-state index contributed by atoms with van der Waals surface area (Å²) in [7, 11) is 0. The van der Waals surface area contributed by atoms with Gasteiger partial charge in [0.15, 0.2) is 0 Å². The maximum atomic E-state index is 10.2. The highest BCUT2D eigenvalue weighted by Crippen LogP contribution is 2.32. The molecule has 2 atom stereocenters. The van der Waals surface area contributed by atoms with Crippen LogP contribution in [0.5, 0.6) is 0 Å². The fourth-order valence-electron chi connectivity index (χ4n) is 2.67. The van der Waals surface area contributed by atoms with Crippen molar-refractivity contribution in [3.63, 3.8) is 0 Å². The van der Waals surface area contributed by atoms with E-state index in [2.05, 4.69) is 19.1 Å². The molecule has 16 heavy (non-hydrogen) atoms. The predicted molar refractivity (Wildman–Crippen MR) is 66.1 cm³/mol. The summed E-state index contributed by atoms with van der Waals surface area (Å²) in [4.78, 5) is 0. The van der Waals surface area contributed by atoms with Crippen molar-refractivity contribution in [3.8, 4) is 0 Å². The lowest BCUT2D eigenvalue weighted by Gasteiger charge is -2.24. The van der Waals surface area contributed by atoms with Crippen LogP contribution >= 0.6 is 0 Å². The van der Waals surface area contributed by atoms with Crippen LogP contribution in [0.2, 0.25) is 0 Å². The molecule has 1 saturated carbocycles. The van der Waals surface area contributed by atoms with Crippen molar-refractivity contribution in [1.29, 1.82) is 0 Å². The van der Waals surface area contributed by atoms with E-state index >= 15 is 0 Å². The van der Waals surface area contributed by atoms with Crippen LogP contribution in [-0.4, -0.2) is 11.2 Å². The van der Waals surface area contributed by atoms with E-state index in [9.17, 15) is 5.11 Å². The lowest BCUT2D eigenvalue weighted by atomic mass is 9.90. The molecule has 0 spiro atoms. The molecule has 88 valence electrons. The van der Waals surface area contributed by atoms with Crippen molar-refractivity contribution in [1.82, 2.24) is 0 Å². The number of aryl methyl sites for hydroxylation is 1. The summed E-state index contributed by atoms with van der Waals surface area (Å²) < 4.78 is 0.